The molecule has 2 aliphatic rings. The largest absolute Gasteiger partial charge is 0.391 e. The van der Waals surface area contributed by atoms with Gasteiger partial charge in [-0.05, 0) is 19.3 Å². The molecule has 1 heterocycles. The van der Waals surface area contributed by atoms with Gasteiger partial charge in [-0.3, -0.25) is 4.79 Å². The molecule has 0 aromatic heterocycles. The molecule has 74 valence electrons. The van der Waals surface area contributed by atoms with Gasteiger partial charge in [-0.2, -0.15) is 0 Å². The molecule has 0 bridgehead atoms. The van der Waals surface area contributed by atoms with Crippen LogP contribution in [-0.2, 0) is 4.79 Å². The van der Waals surface area contributed by atoms with Crippen molar-refractivity contribution in [2.45, 2.75) is 38.2 Å². The fourth-order valence-electron chi connectivity index (χ4n) is 2.37. The average Bonchev–Trinajstić information content (AvgIpc) is 2.72. The minimum Gasteiger partial charge on any atom is -0.391 e. The Balaban J connectivity index is 1.89. The number of nitrogens with zero attached hydrogens (tertiary/aromatic N) is 1. The zero-order valence-corrected chi connectivity index (χ0v) is 7.91. The van der Waals surface area contributed by atoms with Crippen LogP contribution in [0.4, 0.5) is 0 Å². The summed E-state index contributed by atoms with van der Waals surface area (Å²) in [6, 6.07) is 0. The van der Waals surface area contributed by atoms with Gasteiger partial charge in [0.05, 0.1) is 6.10 Å². The normalized spacial score (nSPS) is 29.9. The second-order valence-electron chi connectivity index (χ2n) is 4.21. The van der Waals surface area contributed by atoms with Crippen LogP contribution in [0.3, 0.4) is 0 Å². The molecule has 1 atom stereocenters. The first-order chi connectivity index (χ1) is 6.27. The summed E-state index contributed by atoms with van der Waals surface area (Å²) >= 11 is 0. The SMILES string of the molecule is O=C(C1CCCC1)N1CCC(O)C1. The summed E-state index contributed by atoms with van der Waals surface area (Å²) in [5.41, 5.74) is 0. The maximum Gasteiger partial charge on any atom is 0.225 e. The molecule has 2 rings (SSSR count). The van der Waals surface area contributed by atoms with Gasteiger partial charge in [0.15, 0.2) is 0 Å². The number of hydrogen-bond acceptors (Lipinski definition) is 2. The van der Waals surface area contributed by atoms with Gasteiger partial charge in [0.2, 0.25) is 5.91 Å². The van der Waals surface area contributed by atoms with Crippen LogP contribution in [0.15, 0.2) is 0 Å². The van der Waals surface area contributed by atoms with E-state index >= 15 is 0 Å². The topological polar surface area (TPSA) is 40.5 Å². The molecule has 1 unspecified atom stereocenters. The monoisotopic (exact) mass is 183 g/mol. The first-order valence-electron chi connectivity index (χ1n) is 5.24. The van der Waals surface area contributed by atoms with Crippen LogP contribution in [0.25, 0.3) is 0 Å². The Hall–Kier alpha value is -0.570. The number of amides is 1. The van der Waals surface area contributed by atoms with Gasteiger partial charge in [0.1, 0.15) is 0 Å². The van der Waals surface area contributed by atoms with E-state index in [4.69, 9.17) is 0 Å². The lowest BCUT2D eigenvalue weighted by atomic mass is 10.1. The van der Waals surface area contributed by atoms with Crippen molar-refractivity contribution in [1.82, 2.24) is 4.90 Å². The van der Waals surface area contributed by atoms with E-state index in [-0.39, 0.29) is 17.9 Å². The van der Waals surface area contributed by atoms with Crippen LogP contribution in [0.1, 0.15) is 32.1 Å². The Morgan fingerprint density at radius 3 is 2.46 bits per heavy atom. The third kappa shape index (κ3) is 1.85. The quantitative estimate of drug-likeness (QED) is 0.652. The number of β-amino-alcohol motifs (C(OH)–C–C–N with tert-alkyl or cyclic N) is 1. The van der Waals surface area contributed by atoms with E-state index in [2.05, 4.69) is 0 Å². The van der Waals surface area contributed by atoms with E-state index in [1.54, 1.807) is 0 Å². The molecule has 0 radical (unpaired) electrons. The average molecular weight is 183 g/mol. The molecule has 3 nitrogen and oxygen atoms in total. The Bertz CT molecular complexity index is 199. The van der Waals surface area contributed by atoms with Crippen LogP contribution in [-0.4, -0.2) is 35.1 Å². The number of rotatable bonds is 1. The Kier molecular flexibility index (Phi) is 2.54. The number of likely N-dealkylation sites (tertiary alicyclic amines) is 1. The fraction of sp³-hybridized carbons (Fsp3) is 0.900. The molecule has 0 aromatic carbocycles. The standard InChI is InChI=1S/C10H17NO2/c12-9-5-6-11(7-9)10(13)8-3-1-2-4-8/h8-9,12H,1-7H2. The molecule has 13 heavy (non-hydrogen) atoms. The summed E-state index contributed by atoms with van der Waals surface area (Å²) in [5.74, 6) is 0.555. The summed E-state index contributed by atoms with van der Waals surface area (Å²) in [4.78, 5) is 13.6. The zero-order chi connectivity index (χ0) is 9.26. The highest BCUT2D eigenvalue weighted by molar-refractivity contribution is 5.79. The van der Waals surface area contributed by atoms with Gasteiger partial charge >= 0.3 is 0 Å². The van der Waals surface area contributed by atoms with Gasteiger partial charge in [0.25, 0.3) is 0 Å². The minimum absolute atomic E-state index is 0.269. The highest BCUT2D eigenvalue weighted by atomic mass is 16.3. The molecule has 1 aliphatic carbocycles. The molecule has 1 N–H and O–H groups in total. The second kappa shape index (κ2) is 3.66. The molecular formula is C10H17NO2. The molecule has 0 spiro atoms. The van der Waals surface area contributed by atoms with Crippen molar-refractivity contribution < 1.29 is 9.90 Å². The first-order valence-corrected chi connectivity index (χ1v) is 5.24. The molecule has 1 amide bonds. The van der Waals surface area contributed by atoms with E-state index in [1.807, 2.05) is 4.90 Å². The van der Waals surface area contributed by atoms with Crippen molar-refractivity contribution in [1.29, 1.82) is 0 Å². The molecule has 0 aromatic rings. The highest BCUT2D eigenvalue weighted by Crippen LogP contribution is 2.27. The zero-order valence-electron chi connectivity index (χ0n) is 7.91. The van der Waals surface area contributed by atoms with Crippen LogP contribution < -0.4 is 0 Å². The van der Waals surface area contributed by atoms with Crippen molar-refractivity contribution in [2.24, 2.45) is 5.92 Å². The smallest absolute Gasteiger partial charge is 0.225 e. The van der Waals surface area contributed by atoms with Crippen molar-refractivity contribution in [3.8, 4) is 0 Å². The molecule has 1 saturated heterocycles. The second-order valence-corrected chi connectivity index (χ2v) is 4.21. The van der Waals surface area contributed by atoms with Gasteiger partial charge in [-0.1, -0.05) is 12.8 Å². The van der Waals surface area contributed by atoms with Gasteiger partial charge in [-0.15, -0.1) is 0 Å². The van der Waals surface area contributed by atoms with Crippen molar-refractivity contribution >= 4 is 5.91 Å². The molecule has 1 aliphatic heterocycles. The lowest BCUT2D eigenvalue weighted by molar-refractivity contribution is -0.134. The van der Waals surface area contributed by atoms with Crippen LogP contribution >= 0.6 is 0 Å². The maximum atomic E-state index is 11.8. The van der Waals surface area contributed by atoms with Crippen molar-refractivity contribution in [3.63, 3.8) is 0 Å². The Morgan fingerprint density at radius 2 is 1.92 bits per heavy atom. The summed E-state index contributed by atoms with van der Waals surface area (Å²) in [7, 11) is 0. The van der Waals surface area contributed by atoms with Crippen molar-refractivity contribution in [3.05, 3.63) is 0 Å². The molecule has 2 fully saturated rings. The van der Waals surface area contributed by atoms with Gasteiger partial charge in [-0.25, -0.2) is 0 Å². The molecule has 3 heteroatoms. The van der Waals surface area contributed by atoms with E-state index in [0.29, 0.717) is 6.54 Å². The van der Waals surface area contributed by atoms with Crippen LogP contribution in [0.5, 0.6) is 0 Å². The van der Waals surface area contributed by atoms with Crippen LogP contribution in [0.2, 0.25) is 0 Å². The highest BCUT2D eigenvalue weighted by Gasteiger charge is 2.31. The van der Waals surface area contributed by atoms with Gasteiger partial charge in [0, 0.05) is 19.0 Å². The minimum atomic E-state index is -0.273. The van der Waals surface area contributed by atoms with E-state index in [1.165, 1.54) is 12.8 Å². The van der Waals surface area contributed by atoms with Crippen LogP contribution in [0, 0.1) is 5.92 Å². The Morgan fingerprint density at radius 1 is 1.23 bits per heavy atom. The number of carbonyl (C=O) groups excluding carboxylic acids is 1. The number of carbonyl (C=O) groups is 1. The number of hydrogen-bond donors (Lipinski definition) is 1. The third-order valence-corrected chi connectivity index (χ3v) is 3.18. The summed E-state index contributed by atoms with van der Waals surface area (Å²) in [5, 5.41) is 9.30. The predicted octanol–water partition coefficient (Wildman–Crippen LogP) is 0.770. The summed E-state index contributed by atoms with van der Waals surface area (Å²) < 4.78 is 0. The summed E-state index contributed by atoms with van der Waals surface area (Å²) in [6.07, 6.45) is 5.01. The fourth-order valence-corrected chi connectivity index (χ4v) is 2.37. The lowest BCUT2D eigenvalue weighted by Gasteiger charge is -2.19. The molecule has 1 saturated carbocycles. The van der Waals surface area contributed by atoms with E-state index in [9.17, 15) is 9.90 Å². The predicted molar refractivity (Wildman–Crippen MR) is 49.2 cm³/mol. The van der Waals surface area contributed by atoms with E-state index in [0.717, 1.165) is 25.8 Å². The lowest BCUT2D eigenvalue weighted by Crippen LogP contribution is -2.33. The van der Waals surface area contributed by atoms with Crippen molar-refractivity contribution in [2.75, 3.05) is 13.1 Å². The maximum absolute atomic E-state index is 11.8. The third-order valence-electron chi connectivity index (χ3n) is 3.18. The Labute approximate surface area is 78.7 Å². The first kappa shape index (κ1) is 9.00. The van der Waals surface area contributed by atoms with Gasteiger partial charge < -0.3 is 10.0 Å². The number of aliphatic hydroxyl groups excluding tert-OH is 1. The van der Waals surface area contributed by atoms with E-state index < -0.39 is 0 Å². The summed E-state index contributed by atoms with van der Waals surface area (Å²) in [6.45, 7) is 1.33. The number of aliphatic hydroxyl groups is 1. The molecular weight excluding hydrogens is 166 g/mol.